The smallest absolute Gasteiger partial charge is 0.223 e. The van der Waals surface area contributed by atoms with Crippen molar-refractivity contribution in [2.75, 3.05) is 13.7 Å². The van der Waals surface area contributed by atoms with E-state index in [1.54, 1.807) is 18.4 Å². The molecule has 3 rings (SSSR count). The van der Waals surface area contributed by atoms with Crippen LogP contribution in [0, 0.1) is 5.92 Å². The number of carbonyl (C=O) groups excluding carboxylic acids is 1. The fourth-order valence-corrected chi connectivity index (χ4v) is 4.04. The third-order valence-corrected chi connectivity index (χ3v) is 5.50. The molecule has 0 aliphatic heterocycles. The van der Waals surface area contributed by atoms with Crippen LogP contribution in [0.15, 0.2) is 24.3 Å². The minimum Gasteiger partial charge on any atom is -0.390 e. The van der Waals surface area contributed by atoms with Gasteiger partial charge in [-0.1, -0.05) is 12.1 Å². The summed E-state index contributed by atoms with van der Waals surface area (Å²) in [6.07, 6.45) is 1.98. The monoisotopic (exact) mass is 334 g/mol. The summed E-state index contributed by atoms with van der Waals surface area (Å²) in [7, 11) is 1.58. The summed E-state index contributed by atoms with van der Waals surface area (Å²) < 4.78 is 6.43. The van der Waals surface area contributed by atoms with E-state index in [1.807, 2.05) is 18.2 Å². The highest BCUT2D eigenvalue weighted by molar-refractivity contribution is 7.18. The number of carbonyl (C=O) groups is 1. The number of ether oxygens (including phenoxy) is 1. The first-order valence-electron chi connectivity index (χ1n) is 8.00. The molecule has 1 saturated carbocycles. The number of thiazole rings is 1. The van der Waals surface area contributed by atoms with Gasteiger partial charge in [-0.3, -0.25) is 4.79 Å². The number of aliphatic hydroxyl groups is 1. The molecule has 1 amide bonds. The van der Waals surface area contributed by atoms with E-state index in [2.05, 4.69) is 16.4 Å². The quantitative estimate of drug-likeness (QED) is 0.879. The van der Waals surface area contributed by atoms with Crippen molar-refractivity contribution in [2.24, 2.45) is 5.92 Å². The Labute approximate surface area is 139 Å². The average Bonchev–Trinajstić information content (AvgIpc) is 2.97. The Morgan fingerprint density at radius 1 is 1.43 bits per heavy atom. The molecule has 6 heteroatoms. The Morgan fingerprint density at radius 2 is 2.26 bits per heavy atom. The summed E-state index contributed by atoms with van der Waals surface area (Å²) in [4.78, 5) is 16.8. The fourth-order valence-electron chi connectivity index (χ4n) is 3.07. The van der Waals surface area contributed by atoms with Gasteiger partial charge in [-0.2, -0.15) is 0 Å². The van der Waals surface area contributed by atoms with Crippen molar-refractivity contribution in [1.29, 1.82) is 0 Å². The van der Waals surface area contributed by atoms with Crippen molar-refractivity contribution >= 4 is 27.5 Å². The van der Waals surface area contributed by atoms with Crippen LogP contribution in [-0.2, 0) is 16.0 Å². The molecule has 3 atom stereocenters. The van der Waals surface area contributed by atoms with Crippen LogP contribution in [0.3, 0.4) is 0 Å². The number of nitrogens with one attached hydrogen (secondary N) is 1. The Kier molecular flexibility index (Phi) is 5.25. The number of para-hydroxylation sites is 1. The number of benzene rings is 1. The van der Waals surface area contributed by atoms with Crippen molar-refractivity contribution < 1.29 is 14.6 Å². The maximum atomic E-state index is 12.3. The first kappa shape index (κ1) is 16.4. The molecule has 1 aliphatic carbocycles. The second kappa shape index (κ2) is 7.38. The maximum absolute atomic E-state index is 12.3. The summed E-state index contributed by atoms with van der Waals surface area (Å²) in [5.74, 6) is -0.0150. The number of aliphatic hydroxyl groups excluding tert-OH is 1. The second-order valence-electron chi connectivity index (χ2n) is 5.97. The largest absolute Gasteiger partial charge is 0.390 e. The molecule has 0 bridgehead atoms. The van der Waals surface area contributed by atoms with Crippen molar-refractivity contribution in [3.05, 3.63) is 29.3 Å². The lowest BCUT2D eigenvalue weighted by Gasteiger charge is -2.31. The molecule has 2 aromatic rings. The third-order valence-electron chi connectivity index (χ3n) is 4.41. The molecule has 2 N–H and O–H groups in total. The van der Waals surface area contributed by atoms with E-state index in [0.717, 1.165) is 16.9 Å². The summed E-state index contributed by atoms with van der Waals surface area (Å²) in [5, 5.41) is 13.8. The SMILES string of the molecule is CO[C@@H]1C[C@H](C(=O)NCCc2nc3ccccc3s2)CC[C@@H]1O. The highest BCUT2D eigenvalue weighted by Crippen LogP contribution is 2.26. The van der Waals surface area contributed by atoms with E-state index in [4.69, 9.17) is 4.74 Å². The number of hydrogen-bond acceptors (Lipinski definition) is 5. The van der Waals surface area contributed by atoms with Crippen LogP contribution in [-0.4, -0.2) is 41.9 Å². The van der Waals surface area contributed by atoms with Crippen LogP contribution < -0.4 is 5.32 Å². The molecule has 0 radical (unpaired) electrons. The van der Waals surface area contributed by atoms with Crippen molar-refractivity contribution in [3.8, 4) is 0 Å². The highest BCUT2D eigenvalue weighted by Gasteiger charge is 2.32. The van der Waals surface area contributed by atoms with Gasteiger partial charge in [-0.25, -0.2) is 4.98 Å². The van der Waals surface area contributed by atoms with E-state index in [1.165, 1.54) is 4.70 Å². The zero-order chi connectivity index (χ0) is 16.2. The van der Waals surface area contributed by atoms with Gasteiger partial charge in [-0.15, -0.1) is 11.3 Å². The van der Waals surface area contributed by atoms with Gasteiger partial charge in [0.15, 0.2) is 0 Å². The van der Waals surface area contributed by atoms with E-state index in [9.17, 15) is 9.90 Å². The molecular weight excluding hydrogens is 312 g/mol. The minimum atomic E-state index is -0.452. The summed E-state index contributed by atoms with van der Waals surface area (Å²) in [6.45, 7) is 0.593. The molecule has 23 heavy (non-hydrogen) atoms. The molecule has 124 valence electrons. The summed E-state index contributed by atoms with van der Waals surface area (Å²) in [5.41, 5.74) is 1.02. The standard InChI is InChI=1S/C17H22N2O3S/c1-22-14-10-11(6-7-13(14)20)17(21)18-9-8-16-19-12-4-2-3-5-15(12)23-16/h2-5,11,13-14,20H,6-10H2,1H3,(H,18,21)/t11-,13+,14-/m1/s1. The summed E-state index contributed by atoms with van der Waals surface area (Å²) >= 11 is 1.67. The lowest BCUT2D eigenvalue weighted by atomic mass is 9.84. The van der Waals surface area contributed by atoms with E-state index >= 15 is 0 Å². The second-order valence-corrected chi connectivity index (χ2v) is 7.08. The minimum absolute atomic E-state index is 0.0556. The van der Waals surface area contributed by atoms with E-state index in [0.29, 0.717) is 25.8 Å². The Balaban J connectivity index is 1.49. The molecule has 5 nitrogen and oxygen atoms in total. The lowest BCUT2D eigenvalue weighted by Crippen LogP contribution is -2.41. The third kappa shape index (κ3) is 3.88. The Hall–Kier alpha value is -1.50. The first-order chi connectivity index (χ1) is 11.2. The predicted octanol–water partition coefficient (Wildman–Crippen LogP) is 2.13. The Morgan fingerprint density at radius 3 is 3.04 bits per heavy atom. The molecule has 0 saturated heterocycles. The average molecular weight is 334 g/mol. The highest BCUT2D eigenvalue weighted by atomic mass is 32.1. The normalized spacial score (nSPS) is 24.7. The predicted molar refractivity (Wildman–Crippen MR) is 90.5 cm³/mol. The maximum Gasteiger partial charge on any atom is 0.223 e. The van der Waals surface area contributed by atoms with Gasteiger partial charge in [0.2, 0.25) is 5.91 Å². The van der Waals surface area contributed by atoms with Crippen molar-refractivity contribution in [2.45, 2.75) is 37.9 Å². The Bertz CT molecular complexity index is 640. The van der Waals surface area contributed by atoms with E-state index < -0.39 is 6.10 Å². The number of amides is 1. The molecule has 1 heterocycles. The zero-order valence-electron chi connectivity index (χ0n) is 13.2. The number of nitrogens with zero attached hydrogens (tertiary/aromatic N) is 1. The van der Waals surface area contributed by atoms with Gasteiger partial charge in [0.1, 0.15) is 0 Å². The fraction of sp³-hybridized carbons (Fsp3) is 0.529. The van der Waals surface area contributed by atoms with Gasteiger partial charge in [0.25, 0.3) is 0 Å². The topological polar surface area (TPSA) is 71.5 Å². The summed E-state index contributed by atoms with van der Waals surface area (Å²) in [6, 6.07) is 8.06. The number of methoxy groups -OCH3 is 1. The van der Waals surface area contributed by atoms with Crippen LogP contribution in [0.4, 0.5) is 0 Å². The number of aromatic nitrogens is 1. The zero-order valence-corrected chi connectivity index (χ0v) is 14.0. The van der Waals surface area contributed by atoms with Gasteiger partial charge in [-0.05, 0) is 31.4 Å². The van der Waals surface area contributed by atoms with Gasteiger partial charge >= 0.3 is 0 Å². The van der Waals surface area contributed by atoms with Crippen LogP contribution in [0.25, 0.3) is 10.2 Å². The van der Waals surface area contributed by atoms with Crippen LogP contribution in [0.5, 0.6) is 0 Å². The molecule has 1 fully saturated rings. The van der Waals surface area contributed by atoms with Crippen LogP contribution in [0.1, 0.15) is 24.3 Å². The van der Waals surface area contributed by atoms with Gasteiger partial charge in [0.05, 0.1) is 27.4 Å². The number of hydrogen-bond donors (Lipinski definition) is 2. The molecule has 1 aromatic heterocycles. The number of rotatable bonds is 5. The molecular formula is C17H22N2O3S. The van der Waals surface area contributed by atoms with Crippen LogP contribution in [0.2, 0.25) is 0 Å². The van der Waals surface area contributed by atoms with Crippen molar-refractivity contribution in [1.82, 2.24) is 10.3 Å². The van der Waals surface area contributed by atoms with Gasteiger partial charge in [0, 0.05) is 26.0 Å². The first-order valence-corrected chi connectivity index (χ1v) is 8.82. The molecule has 1 aliphatic rings. The molecule has 0 unspecified atom stereocenters. The van der Waals surface area contributed by atoms with Crippen molar-refractivity contribution in [3.63, 3.8) is 0 Å². The number of fused-ring (bicyclic) bond motifs is 1. The molecule has 1 aromatic carbocycles. The lowest BCUT2D eigenvalue weighted by molar-refractivity contribution is -0.130. The molecule has 0 spiro atoms. The van der Waals surface area contributed by atoms with Crippen LogP contribution >= 0.6 is 11.3 Å². The van der Waals surface area contributed by atoms with E-state index in [-0.39, 0.29) is 17.9 Å². The van der Waals surface area contributed by atoms with Gasteiger partial charge < -0.3 is 15.2 Å².